The molecular weight excluding hydrogens is 300 g/mol. The van der Waals surface area contributed by atoms with Gasteiger partial charge in [0.25, 0.3) is 0 Å². The van der Waals surface area contributed by atoms with Crippen molar-refractivity contribution >= 4 is 17.7 Å². The van der Waals surface area contributed by atoms with Crippen LogP contribution in [-0.2, 0) is 4.79 Å². The monoisotopic (exact) mass is 314 g/mol. The van der Waals surface area contributed by atoms with Crippen molar-refractivity contribution in [3.63, 3.8) is 0 Å². The van der Waals surface area contributed by atoms with E-state index in [0.29, 0.717) is 16.3 Å². The number of benzene rings is 1. The molecule has 0 unspecified atom stereocenters. The third-order valence-electron chi connectivity index (χ3n) is 2.92. The lowest BCUT2D eigenvalue weighted by molar-refractivity contribution is -0.136. The van der Waals surface area contributed by atoms with Crippen molar-refractivity contribution in [2.45, 2.75) is 11.4 Å². The van der Waals surface area contributed by atoms with Crippen molar-refractivity contribution in [1.82, 2.24) is 4.98 Å². The van der Waals surface area contributed by atoms with Gasteiger partial charge in [-0.05, 0) is 36.4 Å². The number of carbonyl (C=O) groups is 1. The molecule has 0 amide bonds. The third-order valence-corrected chi connectivity index (χ3v) is 3.91. The van der Waals surface area contributed by atoms with Crippen LogP contribution in [0.15, 0.2) is 41.4 Å². The second-order valence-electron chi connectivity index (χ2n) is 4.38. The minimum atomic E-state index is -0.864. The summed E-state index contributed by atoms with van der Waals surface area (Å²) in [5.41, 5.74) is 2.09. The highest BCUT2D eigenvalue weighted by atomic mass is 32.2. The van der Waals surface area contributed by atoms with Crippen molar-refractivity contribution < 1.29 is 14.6 Å². The van der Waals surface area contributed by atoms with Gasteiger partial charge in [-0.3, -0.25) is 4.79 Å². The number of aromatic nitrogens is 1. The number of thioether (sulfide) groups is 1. The van der Waals surface area contributed by atoms with E-state index in [2.05, 4.69) is 11.1 Å². The second-order valence-corrected chi connectivity index (χ2v) is 5.47. The lowest BCUT2D eigenvalue weighted by Crippen LogP contribution is -1.97. The van der Waals surface area contributed by atoms with E-state index < -0.39 is 5.97 Å². The van der Waals surface area contributed by atoms with Crippen molar-refractivity contribution in [3.8, 4) is 23.1 Å². The number of hydrogen-bond acceptors (Lipinski definition) is 5. The van der Waals surface area contributed by atoms with Gasteiger partial charge in [0.1, 0.15) is 16.8 Å². The van der Waals surface area contributed by atoms with Crippen molar-refractivity contribution in [2.24, 2.45) is 0 Å². The molecule has 6 heteroatoms. The van der Waals surface area contributed by atoms with Crippen LogP contribution >= 0.6 is 11.8 Å². The number of carboxylic acid groups (broad SMARTS) is 1. The molecule has 0 saturated carbocycles. The van der Waals surface area contributed by atoms with Gasteiger partial charge in [-0.2, -0.15) is 5.26 Å². The molecule has 0 saturated heterocycles. The maximum atomic E-state index is 10.6. The smallest absolute Gasteiger partial charge is 0.304 e. The van der Waals surface area contributed by atoms with Gasteiger partial charge in [0.2, 0.25) is 0 Å². The highest BCUT2D eigenvalue weighted by Crippen LogP contribution is 2.26. The Balaban J connectivity index is 2.25. The lowest BCUT2D eigenvalue weighted by atomic mass is 10.1. The minimum Gasteiger partial charge on any atom is -0.497 e. The number of rotatable bonds is 6. The molecule has 0 aliphatic heterocycles. The highest BCUT2D eigenvalue weighted by molar-refractivity contribution is 7.99. The molecule has 0 radical (unpaired) electrons. The Hall–Kier alpha value is -2.52. The van der Waals surface area contributed by atoms with Crippen molar-refractivity contribution in [1.29, 1.82) is 5.26 Å². The fourth-order valence-electron chi connectivity index (χ4n) is 1.79. The lowest BCUT2D eigenvalue weighted by Gasteiger charge is -2.07. The first kappa shape index (κ1) is 15.9. The fourth-order valence-corrected chi connectivity index (χ4v) is 2.70. The van der Waals surface area contributed by atoms with E-state index in [1.165, 1.54) is 11.8 Å². The Bertz CT molecular complexity index is 708. The molecule has 112 valence electrons. The van der Waals surface area contributed by atoms with Crippen LogP contribution in [0.2, 0.25) is 0 Å². The first-order chi connectivity index (χ1) is 10.6. The Morgan fingerprint density at radius 1 is 1.32 bits per heavy atom. The van der Waals surface area contributed by atoms with E-state index >= 15 is 0 Å². The largest absolute Gasteiger partial charge is 0.497 e. The average molecular weight is 314 g/mol. The van der Waals surface area contributed by atoms with Crippen LogP contribution in [0.4, 0.5) is 0 Å². The van der Waals surface area contributed by atoms with Gasteiger partial charge in [0, 0.05) is 11.3 Å². The van der Waals surface area contributed by atoms with E-state index in [4.69, 9.17) is 15.1 Å². The minimum absolute atomic E-state index is 0.0317. The van der Waals surface area contributed by atoms with Crippen LogP contribution < -0.4 is 4.74 Å². The number of pyridine rings is 1. The van der Waals surface area contributed by atoms with Gasteiger partial charge in [0.15, 0.2) is 0 Å². The number of nitrogens with zero attached hydrogens (tertiary/aromatic N) is 2. The average Bonchev–Trinajstić information content (AvgIpc) is 2.54. The van der Waals surface area contributed by atoms with Crippen LogP contribution in [0.5, 0.6) is 5.75 Å². The molecule has 22 heavy (non-hydrogen) atoms. The fraction of sp³-hybridized carbons (Fsp3) is 0.188. The Morgan fingerprint density at radius 3 is 2.64 bits per heavy atom. The van der Waals surface area contributed by atoms with Crippen LogP contribution in [0, 0.1) is 11.3 Å². The summed E-state index contributed by atoms with van der Waals surface area (Å²) in [6.07, 6.45) is 0.0317. The molecule has 0 bridgehead atoms. The maximum Gasteiger partial charge on any atom is 0.304 e. The molecule has 1 N–H and O–H groups in total. The first-order valence-electron chi connectivity index (χ1n) is 6.54. The number of ether oxygens (including phenoxy) is 1. The highest BCUT2D eigenvalue weighted by Gasteiger charge is 2.09. The number of methoxy groups -OCH3 is 1. The summed E-state index contributed by atoms with van der Waals surface area (Å²) in [7, 11) is 1.60. The predicted octanol–water partition coefficient (Wildman–Crippen LogP) is 3.20. The zero-order valence-electron chi connectivity index (χ0n) is 11.9. The molecule has 2 aromatic rings. The molecule has 2 rings (SSSR count). The quantitative estimate of drug-likeness (QED) is 0.824. The van der Waals surface area contributed by atoms with Crippen LogP contribution in [0.1, 0.15) is 12.0 Å². The van der Waals surface area contributed by atoms with Gasteiger partial charge < -0.3 is 9.84 Å². The SMILES string of the molecule is COc1ccc(-c2ccc(C#N)c(SCCC(=O)O)n2)cc1. The third kappa shape index (κ3) is 3.99. The number of aliphatic carboxylic acids is 1. The predicted molar refractivity (Wildman–Crippen MR) is 83.9 cm³/mol. The zero-order chi connectivity index (χ0) is 15.9. The molecule has 0 aliphatic rings. The molecule has 0 fully saturated rings. The normalized spacial score (nSPS) is 10.0. The van der Waals surface area contributed by atoms with Gasteiger partial charge in [-0.1, -0.05) is 0 Å². The Labute approximate surface area is 132 Å². The maximum absolute atomic E-state index is 10.6. The molecule has 1 aromatic carbocycles. The molecule has 1 aromatic heterocycles. The van der Waals surface area contributed by atoms with Crippen molar-refractivity contribution in [3.05, 3.63) is 42.0 Å². The van der Waals surface area contributed by atoms with Crippen LogP contribution in [-0.4, -0.2) is 28.9 Å². The summed E-state index contributed by atoms with van der Waals surface area (Å²) in [5, 5.41) is 18.4. The summed E-state index contributed by atoms with van der Waals surface area (Å²) in [5.74, 6) is 0.272. The summed E-state index contributed by atoms with van der Waals surface area (Å²) in [4.78, 5) is 15.1. The standard InChI is InChI=1S/C16H14N2O3S/c1-21-13-5-2-11(3-6-13)14-7-4-12(10-17)16(18-14)22-9-8-15(19)20/h2-7H,8-9H2,1H3,(H,19,20). The summed E-state index contributed by atoms with van der Waals surface area (Å²) in [6, 6.07) is 13.0. The van der Waals surface area contributed by atoms with Gasteiger partial charge in [0.05, 0.1) is 24.8 Å². The topological polar surface area (TPSA) is 83.2 Å². The summed E-state index contributed by atoms with van der Waals surface area (Å²) >= 11 is 1.28. The molecule has 0 aliphatic carbocycles. The van der Waals surface area contributed by atoms with Gasteiger partial charge in [-0.15, -0.1) is 11.8 Å². The van der Waals surface area contributed by atoms with Crippen LogP contribution in [0.3, 0.4) is 0 Å². The molecule has 1 heterocycles. The number of nitriles is 1. The van der Waals surface area contributed by atoms with Crippen molar-refractivity contribution in [2.75, 3.05) is 12.9 Å². The summed E-state index contributed by atoms with van der Waals surface area (Å²) in [6.45, 7) is 0. The van der Waals surface area contributed by atoms with Gasteiger partial charge >= 0.3 is 5.97 Å². The molecular formula is C16H14N2O3S. The number of carboxylic acids is 1. The Morgan fingerprint density at radius 2 is 2.05 bits per heavy atom. The van der Waals surface area contributed by atoms with Gasteiger partial charge in [-0.25, -0.2) is 4.98 Å². The van der Waals surface area contributed by atoms with E-state index in [0.717, 1.165) is 17.0 Å². The molecule has 0 atom stereocenters. The molecule has 0 spiro atoms. The van der Waals surface area contributed by atoms with E-state index in [-0.39, 0.29) is 6.42 Å². The number of hydrogen-bond donors (Lipinski definition) is 1. The molecule has 5 nitrogen and oxygen atoms in total. The summed E-state index contributed by atoms with van der Waals surface area (Å²) < 4.78 is 5.12. The Kier molecular flexibility index (Phi) is 5.39. The van der Waals surface area contributed by atoms with E-state index in [9.17, 15) is 4.79 Å². The van der Waals surface area contributed by atoms with E-state index in [1.54, 1.807) is 19.2 Å². The first-order valence-corrected chi connectivity index (χ1v) is 7.52. The zero-order valence-corrected chi connectivity index (χ0v) is 12.8. The second kappa shape index (κ2) is 7.48. The van der Waals surface area contributed by atoms with Crippen LogP contribution in [0.25, 0.3) is 11.3 Å². The van der Waals surface area contributed by atoms with E-state index in [1.807, 2.05) is 24.3 Å².